The van der Waals surface area contributed by atoms with Gasteiger partial charge in [0.2, 0.25) is 0 Å². The second kappa shape index (κ2) is 9.61. The number of esters is 2. The van der Waals surface area contributed by atoms with Crippen LogP contribution in [0, 0.1) is 0 Å². The van der Waals surface area contributed by atoms with Crippen molar-refractivity contribution in [3.05, 3.63) is 72.2 Å². The SMILES string of the molecule is CCOC(=O)c1cc(-c2ccccc2)sc1NC(=O)C(C)OC(=O)c1ccc2nncn2c1. The number of nitrogens with one attached hydrogen (secondary N) is 1. The average molecular weight is 465 g/mol. The van der Waals surface area contributed by atoms with Gasteiger partial charge in [0, 0.05) is 11.1 Å². The monoisotopic (exact) mass is 464 g/mol. The van der Waals surface area contributed by atoms with E-state index in [1.807, 2.05) is 30.3 Å². The number of carbonyl (C=O) groups excluding carboxylic acids is 3. The number of benzene rings is 1. The molecule has 0 aliphatic heterocycles. The molecule has 0 aliphatic rings. The molecule has 1 aromatic carbocycles. The summed E-state index contributed by atoms with van der Waals surface area (Å²) in [6, 6.07) is 14.3. The zero-order chi connectivity index (χ0) is 23.4. The van der Waals surface area contributed by atoms with Gasteiger partial charge in [-0.25, -0.2) is 9.59 Å². The molecule has 1 atom stereocenters. The summed E-state index contributed by atoms with van der Waals surface area (Å²) in [6.45, 7) is 3.37. The molecule has 0 saturated carbocycles. The second-order valence-electron chi connectivity index (χ2n) is 6.99. The molecule has 0 aliphatic carbocycles. The third-order valence-electron chi connectivity index (χ3n) is 4.70. The lowest BCUT2D eigenvalue weighted by molar-refractivity contribution is -0.123. The van der Waals surface area contributed by atoms with Crippen LogP contribution in [0.4, 0.5) is 5.00 Å². The van der Waals surface area contributed by atoms with Crippen molar-refractivity contribution in [3.63, 3.8) is 0 Å². The first kappa shape index (κ1) is 22.2. The largest absolute Gasteiger partial charge is 0.462 e. The smallest absolute Gasteiger partial charge is 0.341 e. The molecule has 0 spiro atoms. The normalized spacial score (nSPS) is 11.7. The Morgan fingerprint density at radius 2 is 1.91 bits per heavy atom. The van der Waals surface area contributed by atoms with E-state index >= 15 is 0 Å². The van der Waals surface area contributed by atoms with Crippen molar-refractivity contribution in [1.29, 1.82) is 0 Å². The predicted molar refractivity (Wildman–Crippen MR) is 122 cm³/mol. The first-order chi connectivity index (χ1) is 16.0. The maximum absolute atomic E-state index is 12.8. The quantitative estimate of drug-likeness (QED) is 0.414. The van der Waals surface area contributed by atoms with E-state index in [0.29, 0.717) is 10.6 Å². The van der Waals surface area contributed by atoms with Crippen molar-refractivity contribution >= 4 is 39.8 Å². The summed E-state index contributed by atoms with van der Waals surface area (Å²) in [5.74, 6) is -1.78. The lowest BCUT2D eigenvalue weighted by Gasteiger charge is -2.13. The number of amides is 1. The molecule has 33 heavy (non-hydrogen) atoms. The molecule has 9 nitrogen and oxygen atoms in total. The van der Waals surface area contributed by atoms with Crippen molar-refractivity contribution in [1.82, 2.24) is 14.6 Å². The summed E-state index contributed by atoms with van der Waals surface area (Å²) < 4.78 is 12.0. The van der Waals surface area contributed by atoms with Gasteiger partial charge in [0.1, 0.15) is 11.3 Å². The number of hydrogen-bond donors (Lipinski definition) is 1. The molecule has 3 aromatic heterocycles. The molecule has 1 amide bonds. The van der Waals surface area contributed by atoms with E-state index in [-0.39, 0.29) is 17.7 Å². The van der Waals surface area contributed by atoms with Crippen molar-refractivity contribution in [2.24, 2.45) is 0 Å². The Morgan fingerprint density at radius 1 is 1.12 bits per heavy atom. The molecule has 0 fully saturated rings. The summed E-state index contributed by atoms with van der Waals surface area (Å²) in [7, 11) is 0. The zero-order valence-corrected chi connectivity index (χ0v) is 18.7. The first-order valence-corrected chi connectivity index (χ1v) is 11.0. The van der Waals surface area contributed by atoms with Gasteiger partial charge in [0.15, 0.2) is 11.8 Å². The molecule has 4 aromatic rings. The molecule has 1 N–H and O–H groups in total. The Bertz CT molecular complexity index is 1310. The molecule has 0 saturated heterocycles. The van der Waals surface area contributed by atoms with E-state index in [4.69, 9.17) is 9.47 Å². The van der Waals surface area contributed by atoms with E-state index in [1.165, 1.54) is 30.8 Å². The summed E-state index contributed by atoms with van der Waals surface area (Å²) in [6.07, 6.45) is 1.87. The van der Waals surface area contributed by atoms with Crippen molar-refractivity contribution in [3.8, 4) is 10.4 Å². The van der Waals surface area contributed by atoms with Gasteiger partial charge in [-0.15, -0.1) is 21.5 Å². The van der Waals surface area contributed by atoms with E-state index in [2.05, 4.69) is 15.5 Å². The minimum absolute atomic E-state index is 0.202. The first-order valence-electron chi connectivity index (χ1n) is 10.1. The fourth-order valence-corrected chi connectivity index (χ4v) is 4.09. The number of rotatable bonds is 7. The maximum Gasteiger partial charge on any atom is 0.341 e. The number of pyridine rings is 1. The third kappa shape index (κ3) is 4.90. The lowest BCUT2D eigenvalue weighted by atomic mass is 10.1. The highest BCUT2D eigenvalue weighted by Gasteiger charge is 2.24. The van der Waals surface area contributed by atoms with Crippen LogP contribution < -0.4 is 5.32 Å². The zero-order valence-electron chi connectivity index (χ0n) is 17.8. The summed E-state index contributed by atoms with van der Waals surface area (Å²) in [4.78, 5) is 38.5. The minimum atomic E-state index is -1.11. The number of hydrogen-bond acceptors (Lipinski definition) is 8. The highest BCUT2D eigenvalue weighted by Crippen LogP contribution is 2.36. The minimum Gasteiger partial charge on any atom is -0.462 e. The molecule has 1 unspecified atom stereocenters. The van der Waals surface area contributed by atoms with Gasteiger partial charge < -0.3 is 14.8 Å². The number of aromatic nitrogens is 3. The van der Waals surface area contributed by atoms with Crippen molar-refractivity contribution < 1.29 is 23.9 Å². The Labute approximate surface area is 193 Å². The molecule has 3 heterocycles. The van der Waals surface area contributed by atoms with Crippen LogP contribution in [0.5, 0.6) is 0 Å². The third-order valence-corrected chi connectivity index (χ3v) is 5.80. The van der Waals surface area contributed by atoms with Crippen LogP contribution in [0.3, 0.4) is 0 Å². The summed E-state index contributed by atoms with van der Waals surface area (Å²) in [5.41, 5.74) is 1.97. The van der Waals surface area contributed by atoms with Crippen LogP contribution in [0.2, 0.25) is 0 Å². The molecule has 4 rings (SSSR count). The van der Waals surface area contributed by atoms with Crippen LogP contribution >= 0.6 is 11.3 Å². The fourth-order valence-electron chi connectivity index (χ4n) is 3.03. The lowest BCUT2D eigenvalue weighted by Crippen LogP contribution is -2.30. The molecular weight excluding hydrogens is 444 g/mol. The maximum atomic E-state index is 12.8. The standard InChI is InChI=1S/C23H20N4O5S/c1-3-31-23(30)17-11-18(15-7-5-4-6-8-15)33-21(17)25-20(28)14(2)32-22(29)16-9-10-19-26-24-13-27(19)12-16/h4-14H,3H2,1-2H3,(H,25,28). The number of nitrogens with zero attached hydrogens (tertiary/aromatic N) is 3. The van der Waals surface area contributed by atoms with Crippen LogP contribution in [0.1, 0.15) is 34.6 Å². The Kier molecular flexibility index (Phi) is 6.45. The van der Waals surface area contributed by atoms with Crippen molar-refractivity contribution in [2.75, 3.05) is 11.9 Å². The van der Waals surface area contributed by atoms with E-state index in [9.17, 15) is 14.4 Å². The molecule has 10 heteroatoms. The van der Waals surface area contributed by atoms with Crippen LogP contribution in [-0.4, -0.2) is 45.2 Å². The topological polar surface area (TPSA) is 112 Å². The fraction of sp³-hybridized carbons (Fsp3) is 0.174. The van der Waals surface area contributed by atoms with Crippen LogP contribution in [0.25, 0.3) is 16.1 Å². The predicted octanol–water partition coefficient (Wildman–Crippen LogP) is 3.82. The Morgan fingerprint density at radius 3 is 2.67 bits per heavy atom. The van der Waals surface area contributed by atoms with E-state index < -0.39 is 23.9 Å². The Hall–Kier alpha value is -4.05. The highest BCUT2D eigenvalue weighted by molar-refractivity contribution is 7.20. The number of fused-ring (bicyclic) bond motifs is 1. The molecule has 0 bridgehead atoms. The van der Waals surface area contributed by atoms with Gasteiger partial charge in [0.05, 0.1) is 17.7 Å². The van der Waals surface area contributed by atoms with Gasteiger partial charge in [0.25, 0.3) is 5.91 Å². The molecule has 0 radical (unpaired) electrons. The van der Waals surface area contributed by atoms with Gasteiger partial charge in [-0.1, -0.05) is 30.3 Å². The van der Waals surface area contributed by atoms with Crippen LogP contribution in [0.15, 0.2) is 61.1 Å². The molecular formula is C23H20N4O5S. The molecule has 168 valence electrons. The number of anilines is 1. The second-order valence-corrected chi connectivity index (χ2v) is 8.04. The summed E-state index contributed by atoms with van der Waals surface area (Å²) >= 11 is 1.24. The number of ether oxygens (including phenoxy) is 2. The van der Waals surface area contributed by atoms with E-state index in [1.54, 1.807) is 29.5 Å². The van der Waals surface area contributed by atoms with E-state index in [0.717, 1.165) is 10.4 Å². The van der Waals surface area contributed by atoms with Gasteiger partial charge in [-0.05, 0) is 37.6 Å². The van der Waals surface area contributed by atoms with Gasteiger partial charge in [-0.3, -0.25) is 9.20 Å². The summed E-state index contributed by atoms with van der Waals surface area (Å²) in [5, 5.41) is 10.7. The number of carbonyl (C=O) groups is 3. The average Bonchev–Trinajstić information content (AvgIpc) is 3.46. The highest BCUT2D eigenvalue weighted by atomic mass is 32.1. The number of thiophene rings is 1. The van der Waals surface area contributed by atoms with Gasteiger partial charge >= 0.3 is 11.9 Å². The van der Waals surface area contributed by atoms with Crippen molar-refractivity contribution in [2.45, 2.75) is 20.0 Å². The Balaban J connectivity index is 1.50. The van der Waals surface area contributed by atoms with Gasteiger partial charge in [-0.2, -0.15) is 0 Å². The van der Waals surface area contributed by atoms with Crippen LogP contribution in [-0.2, 0) is 14.3 Å².